The fourth-order valence-electron chi connectivity index (χ4n) is 1.52. The Morgan fingerprint density at radius 1 is 1.24 bits per heavy atom. The Morgan fingerprint density at radius 3 is 2.67 bits per heavy atom. The minimum atomic E-state index is -4.37. The summed E-state index contributed by atoms with van der Waals surface area (Å²) in [6, 6.07) is 3.80. The minimum absolute atomic E-state index is 0.00155. The monoisotopic (exact) mass is 304 g/mol. The third-order valence-electron chi connectivity index (χ3n) is 2.42. The van der Waals surface area contributed by atoms with Crippen LogP contribution in [0.5, 0.6) is 11.5 Å². The second kappa shape index (κ2) is 6.00. The first-order valence-corrected chi connectivity index (χ1v) is 5.84. The van der Waals surface area contributed by atoms with Gasteiger partial charge >= 0.3 is 6.18 Å². The smallest absolute Gasteiger partial charge is 0.411 e. The summed E-state index contributed by atoms with van der Waals surface area (Å²) in [6.07, 6.45) is -4.33. The number of aromatic nitrogens is 2. The lowest BCUT2D eigenvalue weighted by Crippen LogP contribution is -2.18. The summed E-state index contributed by atoms with van der Waals surface area (Å²) in [5.74, 6) is -0.229. The lowest BCUT2D eigenvalue weighted by atomic mass is 10.2. The van der Waals surface area contributed by atoms with Crippen LogP contribution in [0.1, 0.15) is 5.82 Å². The van der Waals surface area contributed by atoms with Crippen LogP contribution in [-0.2, 0) is 11.2 Å². The molecule has 2 N–H and O–H groups in total. The molecule has 0 unspecified atom stereocenters. The van der Waals surface area contributed by atoms with Crippen LogP contribution in [0, 0.1) is 0 Å². The number of alkyl halides is 3. The zero-order valence-corrected chi connectivity index (χ0v) is 10.6. The maximum absolute atomic E-state index is 11.9. The first kappa shape index (κ1) is 15.1. The van der Waals surface area contributed by atoms with E-state index in [1.807, 2.05) is 0 Å². The maximum Gasteiger partial charge on any atom is 0.411 e. The van der Waals surface area contributed by atoms with Crippen LogP contribution in [0.2, 0.25) is 0 Å². The van der Waals surface area contributed by atoms with Crippen molar-refractivity contribution in [3.05, 3.63) is 24.0 Å². The van der Waals surface area contributed by atoms with Gasteiger partial charge in [0.2, 0.25) is 0 Å². The fourth-order valence-corrected chi connectivity index (χ4v) is 1.52. The van der Waals surface area contributed by atoms with Crippen molar-refractivity contribution in [2.24, 2.45) is 0 Å². The highest BCUT2D eigenvalue weighted by molar-refractivity contribution is 5.63. The van der Waals surface area contributed by atoms with E-state index >= 15 is 0 Å². The number of hydrogen-bond donors (Lipinski definition) is 2. The lowest BCUT2D eigenvalue weighted by molar-refractivity contribution is -0.173. The zero-order chi connectivity index (χ0) is 15.5. The van der Waals surface area contributed by atoms with E-state index in [9.17, 15) is 18.3 Å². The maximum atomic E-state index is 11.9. The van der Waals surface area contributed by atoms with Crippen LogP contribution in [0.3, 0.4) is 0 Å². The molecule has 0 spiro atoms. The molecule has 21 heavy (non-hydrogen) atoms. The number of rotatable bonds is 5. The van der Waals surface area contributed by atoms with Crippen LogP contribution in [0.15, 0.2) is 22.7 Å². The molecule has 0 bridgehead atoms. The number of ether oxygens (including phenoxy) is 1. The summed E-state index contributed by atoms with van der Waals surface area (Å²) in [4.78, 5) is 3.92. The zero-order valence-electron chi connectivity index (χ0n) is 10.6. The first-order chi connectivity index (χ1) is 9.85. The third-order valence-corrected chi connectivity index (χ3v) is 2.42. The van der Waals surface area contributed by atoms with Crippen molar-refractivity contribution in [1.82, 2.24) is 10.1 Å². The topological polar surface area (TPSA) is 88.6 Å². The number of nitrogens with zero attached hydrogens (tertiary/aromatic N) is 2. The molecule has 0 atom stereocenters. The Bertz CT molecular complexity index is 613. The molecular formula is C12H11F3N2O4. The van der Waals surface area contributed by atoms with E-state index in [-0.39, 0.29) is 41.8 Å². The summed E-state index contributed by atoms with van der Waals surface area (Å²) >= 11 is 0. The van der Waals surface area contributed by atoms with Gasteiger partial charge in [-0.15, -0.1) is 0 Å². The van der Waals surface area contributed by atoms with Gasteiger partial charge in [0.1, 0.15) is 18.1 Å². The Morgan fingerprint density at radius 2 is 2.00 bits per heavy atom. The van der Waals surface area contributed by atoms with E-state index in [0.29, 0.717) is 0 Å². The van der Waals surface area contributed by atoms with Gasteiger partial charge in [0, 0.05) is 12.5 Å². The molecule has 0 radical (unpaired) electrons. The molecule has 2 aromatic rings. The van der Waals surface area contributed by atoms with Gasteiger partial charge < -0.3 is 19.5 Å². The Hall–Kier alpha value is -2.29. The second-order valence-corrected chi connectivity index (χ2v) is 4.13. The van der Waals surface area contributed by atoms with Crippen molar-refractivity contribution >= 4 is 0 Å². The molecule has 114 valence electrons. The number of phenolic OH excluding ortho intramolecular Hbond substituents is 2. The van der Waals surface area contributed by atoms with Gasteiger partial charge in [-0.2, -0.15) is 18.2 Å². The summed E-state index contributed by atoms with van der Waals surface area (Å²) in [6.45, 7) is -1.55. The minimum Gasteiger partial charge on any atom is -0.508 e. The van der Waals surface area contributed by atoms with Gasteiger partial charge in [-0.1, -0.05) is 5.16 Å². The molecule has 1 aromatic heterocycles. The van der Waals surface area contributed by atoms with Gasteiger partial charge in [0.25, 0.3) is 5.89 Å². The third kappa shape index (κ3) is 4.35. The van der Waals surface area contributed by atoms with Gasteiger partial charge in [0.05, 0.1) is 12.2 Å². The molecule has 0 saturated heterocycles. The highest BCUT2D eigenvalue weighted by Crippen LogP contribution is 2.30. The fraction of sp³-hybridized carbons (Fsp3) is 0.333. The lowest BCUT2D eigenvalue weighted by Gasteiger charge is -2.05. The van der Waals surface area contributed by atoms with Crippen LogP contribution >= 0.6 is 0 Å². The van der Waals surface area contributed by atoms with Crippen molar-refractivity contribution in [2.75, 3.05) is 13.2 Å². The normalized spacial score (nSPS) is 11.8. The molecule has 2 rings (SSSR count). The van der Waals surface area contributed by atoms with Crippen molar-refractivity contribution < 1.29 is 32.6 Å². The number of benzene rings is 1. The molecule has 0 aliphatic carbocycles. The van der Waals surface area contributed by atoms with Gasteiger partial charge in [0.15, 0.2) is 5.82 Å². The van der Waals surface area contributed by atoms with Crippen molar-refractivity contribution in [1.29, 1.82) is 0 Å². The highest BCUT2D eigenvalue weighted by atomic mass is 19.4. The highest BCUT2D eigenvalue weighted by Gasteiger charge is 2.27. The molecule has 1 heterocycles. The van der Waals surface area contributed by atoms with Crippen molar-refractivity contribution in [3.8, 4) is 23.0 Å². The van der Waals surface area contributed by atoms with E-state index in [4.69, 9.17) is 9.63 Å². The van der Waals surface area contributed by atoms with E-state index < -0.39 is 12.8 Å². The van der Waals surface area contributed by atoms with Crippen LogP contribution in [0.25, 0.3) is 11.5 Å². The molecule has 1 aromatic carbocycles. The molecule has 0 fully saturated rings. The summed E-state index contributed by atoms with van der Waals surface area (Å²) in [7, 11) is 0. The number of hydrogen-bond acceptors (Lipinski definition) is 6. The molecule has 0 amide bonds. The predicted octanol–water partition coefficient (Wildman–Crippen LogP) is 2.27. The van der Waals surface area contributed by atoms with Crippen LogP contribution in [-0.4, -0.2) is 39.7 Å². The average Bonchev–Trinajstić information content (AvgIpc) is 2.82. The van der Waals surface area contributed by atoms with E-state index in [0.717, 1.165) is 6.07 Å². The van der Waals surface area contributed by atoms with Gasteiger partial charge in [-0.3, -0.25) is 0 Å². The Labute approximate surface area is 116 Å². The van der Waals surface area contributed by atoms with Crippen LogP contribution < -0.4 is 0 Å². The Kier molecular flexibility index (Phi) is 4.32. The molecular weight excluding hydrogens is 293 g/mol. The quantitative estimate of drug-likeness (QED) is 0.824. The van der Waals surface area contributed by atoms with E-state index in [2.05, 4.69) is 14.9 Å². The number of aromatic hydroxyl groups is 2. The predicted molar refractivity (Wildman–Crippen MR) is 63.6 cm³/mol. The van der Waals surface area contributed by atoms with Gasteiger partial charge in [-0.05, 0) is 12.1 Å². The summed E-state index contributed by atoms with van der Waals surface area (Å²) < 4.78 is 44.9. The van der Waals surface area contributed by atoms with Crippen molar-refractivity contribution in [2.45, 2.75) is 12.6 Å². The van der Waals surface area contributed by atoms with Crippen molar-refractivity contribution in [3.63, 3.8) is 0 Å². The van der Waals surface area contributed by atoms with E-state index in [1.54, 1.807) is 0 Å². The average molecular weight is 304 g/mol. The SMILES string of the molecule is Oc1ccc(-c2nc(CCOCC(F)(F)F)no2)c(O)c1. The summed E-state index contributed by atoms with van der Waals surface area (Å²) in [5, 5.41) is 22.4. The molecule has 0 aliphatic heterocycles. The second-order valence-electron chi connectivity index (χ2n) is 4.13. The number of halogens is 3. The Balaban J connectivity index is 1.95. The molecule has 6 nitrogen and oxygen atoms in total. The standard InChI is InChI=1S/C12H11F3N2O4/c13-12(14,15)6-20-4-3-10-16-11(21-17-10)8-2-1-7(18)5-9(8)19/h1-2,5,18-19H,3-4,6H2. The molecule has 0 saturated carbocycles. The summed E-state index contributed by atoms with van der Waals surface area (Å²) in [5.41, 5.74) is 0.211. The number of phenols is 2. The molecule has 9 heteroatoms. The first-order valence-electron chi connectivity index (χ1n) is 5.84. The molecule has 0 aliphatic rings. The van der Waals surface area contributed by atoms with E-state index in [1.165, 1.54) is 12.1 Å². The van der Waals surface area contributed by atoms with Gasteiger partial charge in [-0.25, -0.2) is 0 Å². The van der Waals surface area contributed by atoms with Crippen LogP contribution in [0.4, 0.5) is 13.2 Å². The largest absolute Gasteiger partial charge is 0.508 e.